The maximum Gasteiger partial charge on any atom is 0.0703 e. The number of nitrogens with zero attached hydrogens (tertiary/aromatic N) is 1. The summed E-state index contributed by atoms with van der Waals surface area (Å²) in [5.74, 6) is 0. The van der Waals surface area contributed by atoms with Crippen LogP contribution in [0.25, 0.3) is 10.9 Å². The van der Waals surface area contributed by atoms with E-state index in [1.807, 2.05) is 37.3 Å². The number of pyridine rings is 1. The van der Waals surface area contributed by atoms with Crippen LogP contribution in [-0.2, 0) is 0 Å². The molecule has 3 nitrogen and oxygen atoms in total. The number of benzene rings is 2. The van der Waals surface area contributed by atoms with Gasteiger partial charge in [-0.2, -0.15) is 0 Å². The largest absolute Gasteiger partial charge is 0.398 e. The molecule has 1 aromatic heterocycles. The van der Waals surface area contributed by atoms with Gasteiger partial charge in [0, 0.05) is 27.4 Å². The number of nitrogen functional groups attached to an aromatic ring is 1. The molecule has 0 amide bonds. The standard InChI is InChI=1S/C16H14BrN3/c1-10-7-16(13(17)9-14(10)18)20-12-4-5-15-11(8-12)3-2-6-19-15/h2-9,20H,18H2,1H3. The van der Waals surface area contributed by atoms with Crippen LogP contribution in [0.4, 0.5) is 17.1 Å². The first kappa shape index (κ1) is 12.9. The number of aromatic nitrogens is 1. The Labute approximate surface area is 126 Å². The zero-order valence-electron chi connectivity index (χ0n) is 11.0. The molecule has 0 saturated heterocycles. The number of aryl methyl sites for hydroxylation is 1. The van der Waals surface area contributed by atoms with Crippen molar-refractivity contribution in [3.05, 3.63) is 58.7 Å². The van der Waals surface area contributed by atoms with Crippen LogP contribution in [0.15, 0.2) is 53.1 Å². The van der Waals surface area contributed by atoms with Gasteiger partial charge in [0.25, 0.3) is 0 Å². The Kier molecular flexibility index (Phi) is 3.32. The summed E-state index contributed by atoms with van der Waals surface area (Å²) in [5.41, 5.74) is 10.7. The van der Waals surface area contributed by atoms with E-state index in [0.717, 1.165) is 38.0 Å². The van der Waals surface area contributed by atoms with Crippen molar-refractivity contribution in [1.82, 2.24) is 4.98 Å². The Hall–Kier alpha value is -2.07. The van der Waals surface area contributed by atoms with Gasteiger partial charge < -0.3 is 11.1 Å². The summed E-state index contributed by atoms with van der Waals surface area (Å²) < 4.78 is 0.951. The number of hydrogen-bond acceptors (Lipinski definition) is 3. The lowest BCUT2D eigenvalue weighted by Crippen LogP contribution is -1.96. The number of rotatable bonds is 2. The first-order valence-corrected chi connectivity index (χ1v) is 7.10. The van der Waals surface area contributed by atoms with E-state index in [1.165, 1.54) is 0 Å². The van der Waals surface area contributed by atoms with E-state index in [2.05, 4.69) is 38.4 Å². The minimum atomic E-state index is 0.783. The lowest BCUT2D eigenvalue weighted by Gasteiger charge is -2.12. The van der Waals surface area contributed by atoms with Crippen molar-refractivity contribution in [2.75, 3.05) is 11.1 Å². The SMILES string of the molecule is Cc1cc(Nc2ccc3ncccc3c2)c(Br)cc1N. The van der Waals surface area contributed by atoms with Gasteiger partial charge in [-0.1, -0.05) is 6.07 Å². The van der Waals surface area contributed by atoms with Crippen molar-refractivity contribution in [3.63, 3.8) is 0 Å². The molecular formula is C16H14BrN3. The van der Waals surface area contributed by atoms with Crippen molar-refractivity contribution in [2.45, 2.75) is 6.92 Å². The molecule has 0 aliphatic heterocycles. The van der Waals surface area contributed by atoms with E-state index < -0.39 is 0 Å². The van der Waals surface area contributed by atoms with Gasteiger partial charge in [0.05, 0.1) is 11.2 Å². The molecule has 0 spiro atoms. The van der Waals surface area contributed by atoms with E-state index >= 15 is 0 Å². The molecule has 0 radical (unpaired) electrons. The number of anilines is 3. The summed E-state index contributed by atoms with van der Waals surface area (Å²) in [6.07, 6.45) is 1.80. The highest BCUT2D eigenvalue weighted by atomic mass is 79.9. The predicted octanol–water partition coefficient (Wildman–Crippen LogP) is 4.63. The highest BCUT2D eigenvalue weighted by Gasteiger charge is 2.04. The molecule has 0 aliphatic carbocycles. The van der Waals surface area contributed by atoms with Crippen LogP contribution in [-0.4, -0.2) is 4.98 Å². The van der Waals surface area contributed by atoms with Gasteiger partial charge in [0.15, 0.2) is 0 Å². The summed E-state index contributed by atoms with van der Waals surface area (Å²) in [6, 6.07) is 14.1. The van der Waals surface area contributed by atoms with Gasteiger partial charge in [-0.25, -0.2) is 0 Å². The second kappa shape index (κ2) is 5.13. The Bertz CT molecular complexity index is 784. The van der Waals surface area contributed by atoms with E-state index in [9.17, 15) is 0 Å². The van der Waals surface area contributed by atoms with Gasteiger partial charge in [-0.3, -0.25) is 4.98 Å². The predicted molar refractivity (Wildman–Crippen MR) is 88.3 cm³/mol. The quantitative estimate of drug-likeness (QED) is 0.674. The van der Waals surface area contributed by atoms with E-state index in [0.29, 0.717) is 0 Å². The third kappa shape index (κ3) is 2.47. The molecule has 3 N–H and O–H groups in total. The molecule has 1 heterocycles. The maximum absolute atomic E-state index is 5.89. The Morgan fingerprint density at radius 2 is 2.00 bits per heavy atom. The Morgan fingerprint density at radius 3 is 2.85 bits per heavy atom. The first-order valence-electron chi connectivity index (χ1n) is 6.31. The molecule has 0 aliphatic rings. The molecule has 0 atom stereocenters. The van der Waals surface area contributed by atoms with Crippen molar-refractivity contribution in [3.8, 4) is 0 Å². The highest BCUT2D eigenvalue weighted by molar-refractivity contribution is 9.10. The summed E-state index contributed by atoms with van der Waals surface area (Å²) in [5, 5.41) is 4.51. The molecule has 4 heteroatoms. The van der Waals surface area contributed by atoms with Crippen LogP contribution in [0, 0.1) is 6.92 Å². The Morgan fingerprint density at radius 1 is 1.15 bits per heavy atom. The third-order valence-corrected chi connectivity index (χ3v) is 3.89. The van der Waals surface area contributed by atoms with Crippen molar-refractivity contribution >= 4 is 43.9 Å². The van der Waals surface area contributed by atoms with Crippen LogP contribution < -0.4 is 11.1 Å². The molecule has 0 bridgehead atoms. The molecule has 3 aromatic rings. The summed E-state index contributed by atoms with van der Waals surface area (Å²) in [6.45, 7) is 2.00. The maximum atomic E-state index is 5.89. The number of halogens is 1. The summed E-state index contributed by atoms with van der Waals surface area (Å²) in [4.78, 5) is 4.32. The van der Waals surface area contributed by atoms with Gasteiger partial charge in [-0.05, 0) is 64.8 Å². The average molecular weight is 328 g/mol. The van der Waals surface area contributed by atoms with Crippen molar-refractivity contribution < 1.29 is 0 Å². The monoisotopic (exact) mass is 327 g/mol. The van der Waals surface area contributed by atoms with Crippen molar-refractivity contribution in [1.29, 1.82) is 0 Å². The minimum Gasteiger partial charge on any atom is -0.398 e. The molecule has 100 valence electrons. The number of fused-ring (bicyclic) bond motifs is 1. The summed E-state index contributed by atoms with van der Waals surface area (Å²) >= 11 is 3.53. The van der Waals surface area contributed by atoms with Gasteiger partial charge >= 0.3 is 0 Å². The van der Waals surface area contributed by atoms with Crippen LogP contribution in [0.5, 0.6) is 0 Å². The normalized spacial score (nSPS) is 10.7. The van der Waals surface area contributed by atoms with Gasteiger partial charge in [0.2, 0.25) is 0 Å². The molecule has 2 aromatic carbocycles. The van der Waals surface area contributed by atoms with Crippen LogP contribution in [0.2, 0.25) is 0 Å². The highest BCUT2D eigenvalue weighted by Crippen LogP contribution is 2.31. The average Bonchev–Trinajstić information content (AvgIpc) is 2.44. The van der Waals surface area contributed by atoms with Crippen LogP contribution in [0.1, 0.15) is 5.56 Å². The second-order valence-electron chi connectivity index (χ2n) is 4.72. The first-order chi connectivity index (χ1) is 9.63. The summed E-state index contributed by atoms with van der Waals surface area (Å²) in [7, 11) is 0. The molecule has 0 saturated carbocycles. The molecule has 20 heavy (non-hydrogen) atoms. The van der Waals surface area contributed by atoms with Crippen LogP contribution >= 0.6 is 15.9 Å². The van der Waals surface area contributed by atoms with Crippen molar-refractivity contribution in [2.24, 2.45) is 0 Å². The van der Waals surface area contributed by atoms with Crippen LogP contribution in [0.3, 0.4) is 0 Å². The fourth-order valence-corrected chi connectivity index (χ4v) is 2.56. The number of nitrogens with one attached hydrogen (secondary N) is 1. The zero-order valence-corrected chi connectivity index (χ0v) is 12.6. The molecular weight excluding hydrogens is 314 g/mol. The van der Waals surface area contributed by atoms with E-state index in [1.54, 1.807) is 6.20 Å². The zero-order chi connectivity index (χ0) is 14.1. The molecule has 3 rings (SSSR count). The van der Waals surface area contributed by atoms with E-state index in [4.69, 9.17) is 5.73 Å². The lowest BCUT2D eigenvalue weighted by atomic mass is 10.1. The smallest absolute Gasteiger partial charge is 0.0703 e. The topological polar surface area (TPSA) is 50.9 Å². The third-order valence-electron chi connectivity index (χ3n) is 3.24. The number of hydrogen-bond donors (Lipinski definition) is 2. The molecule has 0 fully saturated rings. The van der Waals surface area contributed by atoms with Gasteiger partial charge in [-0.15, -0.1) is 0 Å². The molecule has 0 unspecified atom stereocenters. The fourth-order valence-electron chi connectivity index (χ4n) is 2.10. The van der Waals surface area contributed by atoms with E-state index in [-0.39, 0.29) is 0 Å². The minimum absolute atomic E-state index is 0.783. The lowest BCUT2D eigenvalue weighted by molar-refractivity contribution is 1.40. The fraction of sp³-hybridized carbons (Fsp3) is 0.0625. The van der Waals surface area contributed by atoms with Gasteiger partial charge in [0.1, 0.15) is 0 Å². The second-order valence-corrected chi connectivity index (χ2v) is 5.58. The number of nitrogens with two attached hydrogens (primary N) is 1. The Balaban J connectivity index is 1.99.